The van der Waals surface area contributed by atoms with Gasteiger partial charge in [-0.3, -0.25) is 0 Å². The highest BCUT2D eigenvalue weighted by Crippen LogP contribution is 2.36. The van der Waals surface area contributed by atoms with Crippen LogP contribution in [0.3, 0.4) is 0 Å². The Balaban J connectivity index is 1.90. The summed E-state index contributed by atoms with van der Waals surface area (Å²) in [5, 5.41) is 0. The topological polar surface area (TPSA) is 43.8 Å². The van der Waals surface area contributed by atoms with Crippen molar-refractivity contribution in [1.82, 2.24) is 9.55 Å². The van der Waals surface area contributed by atoms with Crippen molar-refractivity contribution in [3.05, 3.63) is 83.2 Å². The Bertz CT molecular complexity index is 751. The highest BCUT2D eigenvalue weighted by molar-refractivity contribution is 5.45. The molecule has 3 aromatic rings. The normalized spacial score (nSPS) is 14.0. The van der Waals surface area contributed by atoms with Gasteiger partial charge in [0.25, 0.3) is 0 Å². The van der Waals surface area contributed by atoms with E-state index in [1.165, 1.54) is 29.7 Å². The first-order valence-electron chi connectivity index (χ1n) is 8.29. The summed E-state index contributed by atoms with van der Waals surface area (Å²) in [6.07, 6.45) is 3.47. The van der Waals surface area contributed by atoms with E-state index in [9.17, 15) is 0 Å². The average Bonchev–Trinajstić information content (AvgIpc) is 2.94. The van der Waals surface area contributed by atoms with Crippen molar-refractivity contribution in [1.29, 1.82) is 0 Å². The van der Waals surface area contributed by atoms with E-state index in [-0.39, 0.29) is 5.92 Å². The lowest BCUT2D eigenvalue weighted by molar-refractivity contribution is 0.534. The van der Waals surface area contributed by atoms with Gasteiger partial charge in [-0.05, 0) is 30.4 Å². The van der Waals surface area contributed by atoms with Crippen molar-refractivity contribution in [2.24, 2.45) is 0 Å². The number of nitrogen functional groups attached to an aromatic ring is 1. The van der Waals surface area contributed by atoms with Gasteiger partial charge in [0.1, 0.15) is 0 Å². The summed E-state index contributed by atoms with van der Waals surface area (Å²) in [5.41, 5.74) is 11.2. The molecular weight excluding hydrogens is 282 g/mol. The fourth-order valence-corrected chi connectivity index (χ4v) is 3.63. The van der Waals surface area contributed by atoms with Gasteiger partial charge in [-0.15, -0.1) is 0 Å². The molecule has 0 atom stereocenters. The van der Waals surface area contributed by atoms with Crippen LogP contribution in [0.15, 0.2) is 60.7 Å². The van der Waals surface area contributed by atoms with Crippen molar-refractivity contribution in [2.45, 2.75) is 31.7 Å². The second-order valence-electron chi connectivity index (χ2n) is 6.17. The molecule has 3 nitrogen and oxygen atoms in total. The van der Waals surface area contributed by atoms with E-state index in [0.717, 1.165) is 18.7 Å². The predicted molar refractivity (Wildman–Crippen MR) is 93.4 cm³/mol. The number of aromatic nitrogens is 2. The van der Waals surface area contributed by atoms with Crippen LogP contribution in [0, 0.1) is 0 Å². The van der Waals surface area contributed by atoms with Crippen molar-refractivity contribution < 1.29 is 0 Å². The van der Waals surface area contributed by atoms with Crippen molar-refractivity contribution in [2.75, 3.05) is 5.73 Å². The minimum atomic E-state index is 0.147. The molecular formula is C20H21N3. The number of fused-ring (bicyclic) bond motifs is 1. The summed E-state index contributed by atoms with van der Waals surface area (Å²) in [6, 6.07) is 21.2. The van der Waals surface area contributed by atoms with E-state index in [1.54, 1.807) is 0 Å². The second-order valence-corrected chi connectivity index (χ2v) is 6.17. The molecule has 1 aliphatic rings. The molecule has 0 saturated carbocycles. The van der Waals surface area contributed by atoms with Crippen LogP contribution < -0.4 is 5.73 Å². The number of hydrogen-bond acceptors (Lipinski definition) is 2. The van der Waals surface area contributed by atoms with Crippen LogP contribution in [0.1, 0.15) is 41.3 Å². The molecule has 0 bridgehead atoms. The summed E-state index contributed by atoms with van der Waals surface area (Å²) >= 11 is 0. The number of nitrogens with two attached hydrogens (primary N) is 1. The number of benzene rings is 2. The first-order chi connectivity index (χ1) is 11.3. The molecule has 0 amide bonds. The van der Waals surface area contributed by atoms with Gasteiger partial charge in [-0.25, -0.2) is 4.98 Å². The van der Waals surface area contributed by atoms with E-state index in [1.807, 2.05) is 0 Å². The molecule has 1 aliphatic heterocycles. The van der Waals surface area contributed by atoms with E-state index >= 15 is 0 Å². The van der Waals surface area contributed by atoms with Gasteiger partial charge in [0.2, 0.25) is 5.95 Å². The van der Waals surface area contributed by atoms with Gasteiger partial charge in [-0.1, -0.05) is 60.7 Å². The summed E-state index contributed by atoms with van der Waals surface area (Å²) in [6.45, 7) is 0.991. The smallest absolute Gasteiger partial charge is 0.200 e. The highest BCUT2D eigenvalue weighted by Gasteiger charge is 2.26. The first kappa shape index (κ1) is 14.1. The van der Waals surface area contributed by atoms with E-state index in [0.29, 0.717) is 5.95 Å². The number of nitrogens with zero attached hydrogens (tertiary/aromatic N) is 2. The average molecular weight is 303 g/mol. The fourth-order valence-electron chi connectivity index (χ4n) is 3.63. The van der Waals surface area contributed by atoms with Crippen LogP contribution in [0.4, 0.5) is 5.95 Å². The summed E-state index contributed by atoms with van der Waals surface area (Å²) in [7, 11) is 0. The van der Waals surface area contributed by atoms with Crippen LogP contribution >= 0.6 is 0 Å². The monoisotopic (exact) mass is 303 g/mol. The van der Waals surface area contributed by atoms with Crippen LogP contribution in [0.2, 0.25) is 0 Å². The number of hydrogen-bond donors (Lipinski definition) is 1. The Morgan fingerprint density at radius 1 is 0.870 bits per heavy atom. The van der Waals surface area contributed by atoms with E-state index in [4.69, 9.17) is 10.7 Å². The molecule has 4 rings (SSSR count). The first-order valence-corrected chi connectivity index (χ1v) is 8.29. The Hall–Kier alpha value is -2.55. The highest BCUT2D eigenvalue weighted by atomic mass is 15.2. The molecule has 1 aromatic heterocycles. The van der Waals surface area contributed by atoms with E-state index in [2.05, 4.69) is 65.2 Å². The Morgan fingerprint density at radius 3 is 2.09 bits per heavy atom. The quantitative estimate of drug-likeness (QED) is 0.795. The van der Waals surface area contributed by atoms with Gasteiger partial charge in [0, 0.05) is 12.2 Å². The van der Waals surface area contributed by atoms with E-state index < -0.39 is 0 Å². The third kappa shape index (κ3) is 2.52. The zero-order valence-electron chi connectivity index (χ0n) is 13.2. The fraction of sp³-hybridized carbons (Fsp3) is 0.250. The summed E-state index contributed by atoms with van der Waals surface area (Å²) in [5.74, 6) is 0.806. The second kappa shape index (κ2) is 5.92. The molecule has 2 N–H and O–H groups in total. The Morgan fingerprint density at radius 2 is 1.48 bits per heavy atom. The maximum atomic E-state index is 6.21. The number of anilines is 1. The van der Waals surface area contributed by atoms with Gasteiger partial charge >= 0.3 is 0 Å². The maximum absolute atomic E-state index is 6.21. The van der Waals surface area contributed by atoms with Crippen molar-refractivity contribution >= 4 is 5.95 Å². The molecule has 0 fully saturated rings. The lowest BCUT2D eigenvalue weighted by Gasteiger charge is -2.21. The largest absolute Gasteiger partial charge is 0.369 e. The summed E-state index contributed by atoms with van der Waals surface area (Å²) in [4.78, 5) is 4.79. The molecule has 0 saturated heterocycles. The molecule has 116 valence electrons. The van der Waals surface area contributed by atoms with Crippen molar-refractivity contribution in [3.8, 4) is 0 Å². The zero-order chi connectivity index (χ0) is 15.6. The molecule has 23 heavy (non-hydrogen) atoms. The van der Waals surface area contributed by atoms with Crippen molar-refractivity contribution in [3.63, 3.8) is 0 Å². The van der Waals surface area contributed by atoms with Crippen LogP contribution in [-0.2, 0) is 13.0 Å². The third-order valence-electron chi connectivity index (χ3n) is 4.72. The van der Waals surface area contributed by atoms with Crippen LogP contribution in [0.5, 0.6) is 0 Å². The van der Waals surface area contributed by atoms with Gasteiger partial charge < -0.3 is 10.3 Å². The Kier molecular flexibility index (Phi) is 3.62. The molecule has 2 aromatic carbocycles. The minimum absolute atomic E-state index is 0.147. The SMILES string of the molecule is Nc1nc(C(c2ccccc2)c2ccccc2)c2n1CCCC2. The number of imidazole rings is 1. The maximum Gasteiger partial charge on any atom is 0.200 e. The Labute approximate surface area is 136 Å². The minimum Gasteiger partial charge on any atom is -0.369 e. The third-order valence-corrected chi connectivity index (χ3v) is 4.72. The molecule has 0 aliphatic carbocycles. The summed E-state index contributed by atoms with van der Waals surface area (Å²) < 4.78 is 2.21. The lowest BCUT2D eigenvalue weighted by atomic mass is 9.86. The van der Waals surface area contributed by atoms with Gasteiger partial charge in [0.15, 0.2) is 0 Å². The lowest BCUT2D eigenvalue weighted by Crippen LogP contribution is -2.14. The molecule has 3 heteroatoms. The van der Waals surface area contributed by atoms with Gasteiger partial charge in [-0.2, -0.15) is 0 Å². The standard InChI is InChI=1S/C20H21N3/c21-20-22-19(17-13-7-8-14-23(17)20)18(15-9-3-1-4-10-15)16-11-5-2-6-12-16/h1-6,9-12,18H,7-8,13-14H2,(H2,21,22). The molecule has 2 heterocycles. The number of rotatable bonds is 3. The van der Waals surface area contributed by atoms with Crippen LogP contribution in [0.25, 0.3) is 0 Å². The zero-order valence-corrected chi connectivity index (χ0v) is 13.2. The molecule has 0 unspecified atom stereocenters. The molecule has 0 spiro atoms. The predicted octanol–water partition coefficient (Wildman–Crippen LogP) is 3.98. The van der Waals surface area contributed by atoms with Gasteiger partial charge in [0.05, 0.1) is 11.6 Å². The van der Waals surface area contributed by atoms with Crippen LogP contribution in [-0.4, -0.2) is 9.55 Å². The molecule has 0 radical (unpaired) electrons.